The quantitative estimate of drug-likeness (QED) is 0.847. The number of hydrogen-bond donors (Lipinski definition) is 2. The zero-order valence-electron chi connectivity index (χ0n) is 10.7. The van der Waals surface area contributed by atoms with Gasteiger partial charge in [-0.2, -0.15) is 4.31 Å². The average molecular weight is 287 g/mol. The summed E-state index contributed by atoms with van der Waals surface area (Å²) < 4.78 is 25.8. The van der Waals surface area contributed by atoms with Crippen LogP contribution in [0.1, 0.15) is 26.2 Å². The molecule has 1 fully saturated rings. The molecule has 19 heavy (non-hydrogen) atoms. The van der Waals surface area contributed by atoms with Gasteiger partial charge in [-0.3, -0.25) is 4.79 Å². The smallest absolute Gasteiger partial charge is 0.309 e. The average Bonchev–Trinajstić information content (AvgIpc) is 2.93. The molecule has 0 atom stereocenters. The molecule has 1 aromatic heterocycles. The summed E-state index contributed by atoms with van der Waals surface area (Å²) in [6, 6.07) is 0. The van der Waals surface area contributed by atoms with Crippen molar-refractivity contribution in [2.45, 2.75) is 31.2 Å². The van der Waals surface area contributed by atoms with Gasteiger partial charge in [0.15, 0.2) is 5.03 Å². The number of nitrogens with one attached hydrogen (secondary N) is 1. The van der Waals surface area contributed by atoms with Gasteiger partial charge in [0.2, 0.25) is 0 Å². The highest BCUT2D eigenvalue weighted by molar-refractivity contribution is 7.89. The Morgan fingerprint density at radius 2 is 2.16 bits per heavy atom. The van der Waals surface area contributed by atoms with Crippen molar-refractivity contribution in [3.63, 3.8) is 0 Å². The van der Waals surface area contributed by atoms with Gasteiger partial charge in [-0.1, -0.05) is 6.92 Å². The molecule has 8 heteroatoms. The Morgan fingerprint density at radius 3 is 2.58 bits per heavy atom. The van der Waals surface area contributed by atoms with E-state index >= 15 is 0 Å². The van der Waals surface area contributed by atoms with Crippen LogP contribution < -0.4 is 0 Å². The number of aromatic nitrogens is 2. The lowest BCUT2D eigenvalue weighted by Gasteiger charge is -2.37. The fourth-order valence-electron chi connectivity index (χ4n) is 2.40. The van der Waals surface area contributed by atoms with Crippen LogP contribution in [-0.2, 0) is 14.8 Å². The zero-order valence-corrected chi connectivity index (χ0v) is 11.5. The predicted molar refractivity (Wildman–Crippen MR) is 66.9 cm³/mol. The summed E-state index contributed by atoms with van der Waals surface area (Å²) in [6.07, 6.45) is 3.76. The highest BCUT2D eigenvalue weighted by Gasteiger charge is 2.42. The molecule has 0 aromatic carbocycles. The molecule has 0 spiro atoms. The number of aliphatic carboxylic acids is 1. The van der Waals surface area contributed by atoms with Crippen molar-refractivity contribution < 1.29 is 18.3 Å². The van der Waals surface area contributed by atoms with Gasteiger partial charge in [0, 0.05) is 13.1 Å². The van der Waals surface area contributed by atoms with Gasteiger partial charge in [-0.25, -0.2) is 13.4 Å². The second-order valence-corrected chi connectivity index (χ2v) is 6.67. The Morgan fingerprint density at radius 1 is 1.53 bits per heavy atom. The fraction of sp³-hybridized carbons (Fsp3) is 0.636. The number of rotatable bonds is 4. The summed E-state index contributed by atoms with van der Waals surface area (Å²) in [7, 11) is -3.58. The second kappa shape index (κ2) is 4.93. The minimum absolute atomic E-state index is 0.0480. The zero-order chi connectivity index (χ0) is 14.1. The standard InChI is InChI=1S/C11H17N3O4S/c1-2-11(10(15)16)3-5-14(6-4-11)19(17,18)9-7-12-8-13-9/h7-8H,2-6H2,1H3,(H,12,13)(H,15,16). The molecule has 7 nitrogen and oxygen atoms in total. The SMILES string of the molecule is CCC1(C(=O)O)CCN(S(=O)(=O)c2cnc[nH]2)CC1. The van der Waals surface area contributed by atoms with Crippen LogP contribution in [0, 0.1) is 5.41 Å². The minimum atomic E-state index is -3.58. The van der Waals surface area contributed by atoms with Crippen LogP contribution in [0.2, 0.25) is 0 Å². The molecule has 0 amide bonds. The van der Waals surface area contributed by atoms with Crippen molar-refractivity contribution in [1.29, 1.82) is 0 Å². The van der Waals surface area contributed by atoms with Gasteiger partial charge in [-0.15, -0.1) is 0 Å². The van der Waals surface area contributed by atoms with Crippen molar-refractivity contribution in [1.82, 2.24) is 14.3 Å². The maximum atomic E-state index is 12.2. The first-order valence-corrected chi connectivity index (χ1v) is 7.58. The number of H-pyrrole nitrogens is 1. The third-order valence-corrected chi connectivity index (χ3v) is 5.72. The Balaban J connectivity index is 2.15. The maximum Gasteiger partial charge on any atom is 0.309 e. The van der Waals surface area contributed by atoms with E-state index in [9.17, 15) is 18.3 Å². The van der Waals surface area contributed by atoms with Crippen molar-refractivity contribution in [2.24, 2.45) is 5.41 Å². The Hall–Kier alpha value is -1.41. The van der Waals surface area contributed by atoms with Crippen LogP contribution in [0.15, 0.2) is 17.6 Å². The normalized spacial score (nSPS) is 20.3. The van der Waals surface area contributed by atoms with E-state index < -0.39 is 21.4 Å². The van der Waals surface area contributed by atoms with E-state index in [1.807, 2.05) is 6.92 Å². The number of hydrogen-bond acceptors (Lipinski definition) is 4. The number of carboxylic acid groups (broad SMARTS) is 1. The summed E-state index contributed by atoms with van der Waals surface area (Å²) in [5.41, 5.74) is -0.792. The van der Waals surface area contributed by atoms with Gasteiger partial charge in [-0.05, 0) is 19.3 Å². The van der Waals surface area contributed by atoms with E-state index in [-0.39, 0.29) is 18.1 Å². The van der Waals surface area contributed by atoms with Crippen LogP contribution in [0.5, 0.6) is 0 Å². The summed E-state index contributed by atoms with van der Waals surface area (Å²) >= 11 is 0. The molecule has 106 valence electrons. The highest BCUT2D eigenvalue weighted by atomic mass is 32.2. The summed E-state index contributed by atoms with van der Waals surface area (Å²) in [5, 5.41) is 9.33. The molecule has 0 radical (unpaired) electrons. The number of piperidine rings is 1. The van der Waals surface area contributed by atoms with Crippen molar-refractivity contribution in [3.8, 4) is 0 Å². The molecule has 0 aliphatic carbocycles. The first kappa shape index (κ1) is 14.0. The monoisotopic (exact) mass is 287 g/mol. The van der Waals surface area contributed by atoms with Crippen molar-refractivity contribution >= 4 is 16.0 Å². The lowest BCUT2D eigenvalue weighted by Crippen LogP contribution is -2.46. The molecule has 1 aliphatic rings. The molecule has 1 aliphatic heterocycles. The largest absolute Gasteiger partial charge is 0.481 e. The molecular weight excluding hydrogens is 270 g/mol. The molecule has 0 saturated carbocycles. The lowest BCUT2D eigenvalue weighted by atomic mass is 9.77. The van der Waals surface area contributed by atoms with Crippen LogP contribution >= 0.6 is 0 Å². The highest BCUT2D eigenvalue weighted by Crippen LogP contribution is 2.36. The first-order chi connectivity index (χ1) is 8.92. The van der Waals surface area contributed by atoms with Gasteiger partial charge in [0.25, 0.3) is 10.0 Å². The summed E-state index contributed by atoms with van der Waals surface area (Å²) in [6.45, 7) is 2.27. The van der Waals surface area contributed by atoms with E-state index in [1.165, 1.54) is 16.8 Å². The predicted octanol–water partition coefficient (Wildman–Crippen LogP) is 0.675. The fourth-order valence-corrected chi connectivity index (χ4v) is 3.73. The Labute approximate surface area is 111 Å². The lowest BCUT2D eigenvalue weighted by molar-refractivity contribution is -0.151. The number of sulfonamides is 1. The van der Waals surface area contributed by atoms with Gasteiger partial charge in [0.05, 0.1) is 17.9 Å². The molecule has 1 saturated heterocycles. The Bertz CT molecular complexity index is 545. The molecule has 0 unspecified atom stereocenters. The number of carbonyl (C=O) groups is 1. The second-order valence-electron chi connectivity index (χ2n) is 4.76. The van der Waals surface area contributed by atoms with E-state index in [1.54, 1.807) is 0 Å². The molecular formula is C11H17N3O4S. The third-order valence-electron chi connectivity index (χ3n) is 3.90. The summed E-state index contributed by atoms with van der Waals surface area (Å²) in [4.78, 5) is 17.6. The maximum absolute atomic E-state index is 12.2. The van der Waals surface area contributed by atoms with Gasteiger partial charge in [0.1, 0.15) is 0 Å². The van der Waals surface area contributed by atoms with Crippen LogP contribution in [0.4, 0.5) is 0 Å². The van der Waals surface area contributed by atoms with E-state index in [2.05, 4.69) is 9.97 Å². The third kappa shape index (κ3) is 2.37. The molecule has 1 aromatic rings. The van der Waals surface area contributed by atoms with E-state index in [0.717, 1.165) is 0 Å². The van der Waals surface area contributed by atoms with E-state index in [0.29, 0.717) is 19.3 Å². The van der Waals surface area contributed by atoms with Crippen molar-refractivity contribution in [3.05, 3.63) is 12.5 Å². The van der Waals surface area contributed by atoms with Crippen LogP contribution in [0.25, 0.3) is 0 Å². The number of nitrogens with zero attached hydrogens (tertiary/aromatic N) is 2. The van der Waals surface area contributed by atoms with Crippen molar-refractivity contribution in [2.75, 3.05) is 13.1 Å². The number of aromatic amines is 1. The number of carboxylic acids is 1. The molecule has 0 bridgehead atoms. The number of imidazole rings is 1. The first-order valence-electron chi connectivity index (χ1n) is 6.14. The topological polar surface area (TPSA) is 103 Å². The molecule has 2 N–H and O–H groups in total. The molecule has 2 heterocycles. The minimum Gasteiger partial charge on any atom is -0.481 e. The van der Waals surface area contributed by atoms with Gasteiger partial charge >= 0.3 is 5.97 Å². The van der Waals surface area contributed by atoms with Gasteiger partial charge < -0.3 is 10.1 Å². The molecule has 2 rings (SSSR count). The van der Waals surface area contributed by atoms with E-state index in [4.69, 9.17) is 0 Å². The van der Waals surface area contributed by atoms with Crippen LogP contribution in [-0.4, -0.2) is 46.9 Å². The summed E-state index contributed by atoms with van der Waals surface area (Å²) in [5.74, 6) is -0.839. The Kier molecular flexibility index (Phi) is 3.64. The van der Waals surface area contributed by atoms with Crippen LogP contribution in [0.3, 0.4) is 0 Å².